The molecule has 1 N–H and O–H groups in total. The predicted octanol–water partition coefficient (Wildman–Crippen LogP) is 3.39. The number of unbranched alkanes of at least 4 members (excludes halogenated alkanes) is 2. The van der Waals surface area contributed by atoms with E-state index in [0.29, 0.717) is 19.3 Å². The highest BCUT2D eigenvalue weighted by atomic mass is 16.8. The van der Waals surface area contributed by atoms with Crippen molar-refractivity contribution in [1.82, 2.24) is 0 Å². The molecule has 0 radical (unpaired) electrons. The van der Waals surface area contributed by atoms with Crippen LogP contribution in [0.25, 0.3) is 0 Å². The topological polar surface area (TPSA) is 189 Å². The molecule has 0 amide bonds. The molecule has 0 aromatic rings. The molecule has 0 aromatic carbocycles. The van der Waals surface area contributed by atoms with Crippen LogP contribution >= 0.6 is 0 Å². The fourth-order valence-corrected chi connectivity index (χ4v) is 5.05. The maximum Gasteiger partial charge on any atom is 0.308 e. The predicted molar refractivity (Wildman–Crippen MR) is 175 cm³/mol. The van der Waals surface area contributed by atoms with Gasteiger partial charge < -0.3 is 47.7 Å². The maximum absolute atomic E-state index is 13.0. The summed E-state index contributed by atoms with van der Waals surface area (Å²) in [6.45, 7) is 16.2. The number of hydrogen-bond donors (Lipinski definition) is 1. The van der Waals surface area contributed by atoms with E-state index in [4.69, 9.17) is 42.6 Å². The Morgan fingerprint density at radius 2 is 1.26 bits per heavy atom. The molecule has 15 heteroatoms. The normalized spacial score (nSPS) is 29.8. The minimum atomic E-state index is -1.64. The van der Waals surface area contributed by atoms with Gasteiger partial charge in [-0.05, 0) is 19.8 Å². The Labute approximate surface area is 295 Å². The molecular weight excluding hydrogens is 660 g/mol. The van der Waals surface area contributed by atoms with E-state index in [1.165, 1.54) is 0 Å². The average molecular weight is 719 g/mol. The Morgan fingerprint density at radius 3 is 1.80 bits per heavy atom. The van der Waals surface area contributed by atoms with Crippen molar-refractivity contribution in [3.05, 3.63) is 0 Å². The molecule has 8 unspecified atom stereocenters. The molecule has 10 atom stereocenters. The molecule has 2 aliphatic heterocycles. The van der Waals surface area contributed by atoms with Crippen LogP contribution in [0.2, 0.25) is 0 Å². The summed E-state index contributed by atoms with van der Waals surface area (Å²) in [4.78, 5) is 63.3. The Bertz CT molecular complexity index is 1110. The van der Waals surface area contributed by atoms with Crippen molar-refractivity contribution < 1.29 is 71.7 Å². The van der Waals surface area contributed by atoms with Gasteiger partial charge in [0.25, 0.3) is 0 Å². The van der Waals surface area contributed by atoms with E-state index in [0.717, 1.165) is 13.3 Å². The average Bonchev–Trinajstić information content (AvgIpc) is 3.04. The third kappa shape index (κ3) is 12.7. The van der Waals surface area contributed by atoms with E-state index < -0.39 is 109 Å². The van der Waals surface area contributed by atoms with Crippen LogP contribution in [0.1, 0.15) is 101 Å². The molecule has 15 nitrogen and oxygen atoms in total. The van der Waals surface area contributed by atoms with Gasteiger partial charge in [-0.3, -0.25) is 24.0 Å². The quantitative estimate of drug-likeness (QED) is 0.123. The molecule has 50 heavy (non-hydrogen) atoms. The zero-order valence-corrected chi connectivity index (χ0v) is 31.1. The van der Waals surface area contributed by atoms with Gasteiger partial charge in [-0.15, -0.1) is 0 Å². The first-order chi connectivity index (χ1) is 23.5. The summed E-state index contributed by atoms with van der Waals surface area (Å²) in [7, 11) is 0. The lowest BCUT2D eigenvalue weighted by molar-refractivity contribution is -0.366. The Morgan fingerprint density at radius 1 is 0.680 bits per heavy atom. The first kappa shape index (κ1) is 43.3. The molecule has 2 fully saturated rings. The van der Waals surface area contributed by atoms with Gasteiger partial charge in [-0.1, -0.05) is 68.2 Å². The SMILES string of the molecule is CCCCOC1OC(COC(=O)C(C)C)C(OC(=O)C(C)C)C(O)[C@H]1O[C@@H]1OC(C)C(OC(=O)C(C)C)C(OC(C)=O)C1OC(=O)CCCC. The first-order valence-electron chi connectivity index (χ1n) is 17.7. The van der Waals surface area contributed by atoms with Gasteiger partial charge in [0.2, 0.25) is 0 Å². The van der Waals surface area contributed by atoms with Crippen LogP contribution in [0.5, 0.6) is 0 Å². The van der Waals surface area contributed by atoms with Gasteiger partial charge in [0, 0.05) is 20.0 Å². The van der Waals surface area contributed by atoms with E-state index in [1.807, 2.05) is 13.8 Å². The molecule has 0 spiro atoms. The van der Waals surface area contributed by atoms with E-state index in [1.54, 1.807) is 48.5 Å². The second-order valence-corrected chi connectivity index (χ2v) is 13.6. The fraction of sp³-hybridized carbons (Fsp3) is 0.857. The lowest BCUT2D eigenvalue weighted by Gasteiger charge is -2.48. The van der Waals surface area contributed by atoms with E-state index in [2.05, 4.69) is 0 Å². The van der Waals surface area contributed by atoms with Gasteiger partial charge in [0.15, 0.2) is 37.0 Å². The number of aliphatic hydroxyl groups is 1. The van der Waals surface area contributed by atoms with Crippen LogP contribution in [-0.4, -0.2) is 110 Å². The van der Waals surface area contributed by atoms with E-state index >= 15 is 0 Å². The Hall–Kier alpha value is -2.85. The van der Waals surface area contributed by atoms with Crippen molar-refractivity contribution in [1.29, 1.82) is 0 Å². The monoisotopic (exact) mass is 718 g/mol. The van der Waals surface area contributed by atoms with Gasteiger partial charge >= 0.3 is 29.8 Å². The van der Waals surface area contributed by atoms with Crippen LogP contribution in [0.15, 0.2) is 0 Å². The third-order valence-corrected chi connectivity index (χ3v) is 8.03. The number of aliphatic hydroxyl groups excluding tert-OH is 1. The zero-order chi connectivity index (χ0) is 37.7. The van der Waals surface area contributed by atoms with Crippen LogP contribution in [-0.2, 0) is 66.6 Å². The van der Waals surface area contributed by atoms with E-state index in [-0.39, 0.29) is 19.6 Å². The highest BCUT2D eigenvalue weighted by Gasteiger charge is 2.56. The van der Waals surface area contributed by atoms with Crippen LogP contribution in [0, 0.1) is 17.8 Å². The first-order valence-corrected chi connectivity index (χ1v) is 17.7. The standard InChI is InChI=1S/C35H58O15/c1-11-13-15-24(37)47-30-29(45-22(10)36)26(48-32(40)19(5)6)21(9)44-35(30)50-28-25(38)27(49-33(41)20(7)8)23(17-43-31(39)18(3)4)46-34(28)42-16-14-12-2/h18-21,23,25-30,34-35,38H,11-17H2,1-10H3/t21?,23?,25?,26?,27?,28-,29?,30?,34?,35+/m1/s1. The number of hydrogen-bond acceptors (Lipinski definition) is 15. The fourth-order valence-electron chi connectivity index (χ4n) is 5.05. The van der Waals surface area contributed by atoms with Gasteiger partial charge in [-0.2, -0.15) is 0 Å². The van der Waals surface area contributed by atoms with Crippen molar-refractivity contribution >= 4 is 29.8 Å². The lowest BCUT2D eigenvalue weighted by atomic mass is 9.96. The highest BCUT2D eigenvalue weighted by Crippen LogP contribution is 2.35. The second kappa shape index (κ2) is 20.9. The molecule has 2 saturated heterocycles. The minimum absolute atomic E-state index is 0.0282. The van der Waals surface area contributed by atoms with Crippen molar-refractivity contribution in [2.45, 2.75) is 163 Å². The van der Waals surface area contributed by atoms with Crippen molar-refractivity contribution in [3.8, 4) is 0 Å². The van der Waals surface area contributed by atoms with Gasteiger partial charge in [0.05, 0.1) is 23.9 Å². The number of esters is 5. The Balaban J connectivity index is 2.58. The molecule has 2 aliphatic rings. The largest absolute Gasteiger partial charge is 0.463 e. The molecular formula is C35H58O15. The summed E-state index contributed by atoms with van der Waals surface area (Å²) in [5.74, 6) is -4.75. The molecule has 288 valence electrons. The minimum Gasteiger partial charge on any atom is -0.463 e. The summed E-state index contributed by atoms with van der Waals surface area (Å²) in [5, 5.41) is 11.8. The molecule has 2 rings (SSSR count). The lowest BCUT2D eigenvalue weighted by Crippen LogP contribution is -2.66. The summed E-state index contributed by atoms with van der Waals surface area (Å²) >= 11 is 0. The van der Waals surface area contributed by atoms with Gasteiger partial charge in [0.1, 0.15) is 24.9 Å². The van der Waals surface area contributed by atoms with Crippen LogP contribution in [0.4, 0.5) is 0 Å². The summed E-state index contributed by atoms with van der Waals surface area (Å²) in [5.41, 5.74) is 0. The zero-order valence-electron chi connectivity index (χ0n) is 31.1. The van der Waals surface area contributed by atoms with E-state index in [9.17, 15) is 29.1 Å². The van der Waals surface area contributed by atoms with Crippen LogP contribution in [0.3, 0.4) is 0 Å². The number of carbonyl (C=O) groups is 5. The van der Waals surface area contributed by atoms with Crippen molar-refractivity contribution in [2.24, 2.45) is 17.8 Å². The second-order valence-electron chi connectivity index (χ2n) is 13.6. The van der Waals surface area contributed by atoms with Crippen molar-refractivity contribution in [3.63, 3.8) is 0 Å². The molecule has 0 bridgehead atoms. The smallest absolute Gasteiger partial charge is 0.308 e. The number of rotatable bonds is 18. The number of ether oxygens (including phenoxy) is 9. The molecule has 0 aromatic heterocycles. The molecule has 2 heterocycles. The summed E-state index contributed by atoms with van der Waals surface area (Å²) < 4.78 is 52.9. The highest BCUT2D eigenvalue weighted by molar-refractivity contribution is 5.73. The maximum atomic E-state index is 13.0. The Kier molecular flexibility index (Phi) is 18.1. The third-order valence-electron chi connectivity index (χ3n) is 8.03. The van der Waals surface area contributed by atoms with Crippen LogP contribution < -0.4 is 0 Å². The van der Waals surface area contributed by atoms with Crippen molar-refractivity contribution in [2.75, 3.05) is 13.2 Å². The van der Waals surface area contributed by atoms with Gasteiger partial charge in [-0.25, -0.2) is 0 Å². The molecule has 0 aliphatic carbocycles. The molecule has 0 saturated carbocycles. The number of carbonyl (C=O) groups excluding carboxylic acids is 5. The summed E-state index contributed by atoms with van der Waals surface area (Å²) in [6.07, 6.45) is -10.8. The summed E-state index contributed by atoms with van der Waals surface area (Å²) in [6, 6.07) is 0.